The van der Waals surface area contributed by atoms with E-state index in [4.69, 9.17) is 5.73 Å². The fraction of sp³-hybridized carbons (Fsp3) is 0.682. The molecule has 1 aromatic rings. The molecular formula is C22H33Cl2F2N3O. The molecule has 3 aliphatic rings. The Kier molecular flexibility index (Phi) is 9.34. The number of rotatable bonds is 4. The third-order valence-electron chi connectivity index (χ3n) is 7.08. The van der Waals surface area contributed by atoms with Crippen LogP contribution in [0, 0.1) is 29.4 Å². The van der Waals surface area contributed by atoms with E-state index in [-0.39, 0.29) is 60.8 Å². The van der Waals surface area contributed by atoms with Gasteiger partial charge in [-0.1, -0.05) is 12.5 Å². The number of nitrogens with zero attached hydrogens (tertiary/aromatic N) is 1. The number of benzene rings is 1. The molecule has 30 heavy (non-hydrogen) atoms. The van der Waals surface area contributed by atoms with E-state index in [0.717, 1.165) is 45.1 Å². The van der Waals surface area contributed by atoms with Crippen molar-refractivity contribution in [3.8, 4) is 0 Å². The summed E-state index contributed by atoms with van der Waals surface area (Å²) in [5, 5.41) is 3.23. The SMILES string of the molecule is Cl.Cl.NC1C2CCCC1CC(C(=O)NC1CCCN(Cc3c(F)cccc3F)C1)C2. The second-order valence-corrected chi connectivity index (χ2v) is 8.98. The van der Waals surface area contributed by atoms with Crippen molar-refractivity contribution < 1.29 is 13.6 Å². The normalized spacial score (nSPS) is 31.2. The Hall–Kier alpha value is -0.950. The summed E-state index contributed by atoms with van der Waals surface area (Å²) in [5.41, 5.74) is 6.46. The second-order valence-electron chi connectivity index (χ2n) is 8.98. The molecule has 3 unspecified atom stereocenters. The van der Waals surface area contributed by atoms with Gasteiger partial charge in [0.2, 0.25) is 5.91 Å². The summed E-state index contributed by atoms with van der Waals surface area (Å²) in [6.45, 7) is 1.68. The summed E-state index contributed by atoms with van der Waals surface area (Å²) in [7, 11) is 0. The van der Waals surface area contributed by atoms with Crippen molar-refractivity contribution in [2.75, 3.05) is 13.1 Å². The molecule has 1 saturated heterocycles. The van der Waals surface area contributed by atoms with Crippen LogP contribution >= 0.6 is 24.8 Å². The summed E-state index contributed by atoms with van der Waals surface area (Å²) in [6.07, 6.45) is 7.17. The Bertz CT molecular complexity index is 689. The van der Waals surface area contributed by atoms with E-state index in [2.05, 4.69) is 5.32 Å². The van der Waals surface area contributed by atoms with Crippen molar-refractivity contribution in [2.45, 2.75) is 63.6 Å². The lowest BCUT2D eigenvalue weighted by Gasteiger charge is -2.44. The Balaban J connectivity index is 0.00000160. The summed E-state index contributed by atoms with van der Waals surface area (Å²) in [4.78, 5) is 14.9. The van der Waals surface area contributed by atoms with Gasteiger partial charge in [0.05, 0.1) is 0 Å². The number of piperidine rings is 1. The van der Waals surface area contributed by atoms with Crippen LogP contribution < -0.4 is 11.1 Å². The number of carbonyl (C=O) groups is 1. The van der Waals surface area contributed by atoms with Crippen LogP contribution in [0.3, 0.4) is 0 Å². The summed E-state index contributed by atoms with van der Waals surface area (Å²) in [5.74, 6) is 0.167. The Labute approximate surface area is 190 Å². The fourth-order valence-corrected chi connectivity index (χ4v) is 5.55. The summed E-state index contributed by atoms with van der Waals surface area (Å²) in [6, 6.07) is 4.29. The van der Waals surface area contributed by atoms with Gasteiger partial charge in [0.25, 0.3) is 0 Å². The van der Waals surface area contributed by atoms with Crippen LogP contribution in [0.2, 0.25) is 0 Å². The van der Waals surface area contributed by atoms with E-state index in [1.165, 1.54) is 24.6 Å². The topological polar surface area (TPSA) is 58.4 Å². The second kappa shape index (κ2) is 11.1. The number of hydrogen-bond donors (Lipinski definition) is 2. The average molecular weight is 464 g/mol. The monoisotopic (exact) mass is 463 g/mol. The molecule has 1 heterocycles. The third kappa shape index (κ3) is 5.64. The largest absolute Gasteiger partial charge is 0.352 e. The van der Waals surface area contributed by atoms with Gasteiger partial charge >= 0.3 is 0 Å². The maximum Gasteiger partial charge on any atom is 0.223 e. The molecule has 1 aromatic carbocycles. The minimum absolute atomic E-state index is 0. The first-order chi connectivity index (χ1) is 13.5. The standard InChI is InChI=1S/C22H31F2N3O.2ClH/c23-19-7-2-8-20(24)18(19)13-27-9-3-6-17(12-27)26-22(28)16-10-14-4-1-5-15(11-16)21(14)25;;/h2,7-8,14-17,21H,1,3-6,9-13,25H2,(H,26,28);2*1H. The minimum Gasteiger partial charge on any atom is -0.352 e. The molecule has 1 amide bonds. The van der Waals surface area contributed by atoms with Crippen molar-refractivity contribution in [1.29, 1.82) is 0 Å². The number of carbonyl (C=O) groups excluding carboxylic acids is 1. The van der Waals surface area contributed by atoms with E-state index in [1.807, 2.05) is 4.90 Å². The molecule has 2 bridgehead atoms. The maximum absolute atomic E-state index is 14.0. The fourth-order valence-electron chi connectivity index (χ4n) is 5.55. The van der Waals surface area contributed by atoms with Gasteiger partial charge < -0.3 is 11.1 Å². The van der Waals surface area contributed by atoms with Gasteiger partial charge in [0.1, 0.15) is 11.6 Å². The first-order valence-electron chi connectivity index (χ1n) is 10.7. The van der Waals surface area contributed by atoms with Crippen LogP contribution in [0.4, 0.5) is 8.78 Å². The number of likely N-dealkylation sites (tertiary alicyclic amines) is 1. The number of hydrogen-bond acceptors (Lipinski definition) is 3. The predicted molar refractivity (Wildman–Crippen MR) is 119 cm³/mol. The quantitative estimate of drug-likeness (QED) is 0.707. The van der Waals surface area contributed by atoms with Crippen LogP contribution in [0.1, 0.15) is 50.5 Å². The van der Waals surface area contributed by atoms with E-state index in [9.17, 15) is 13.6 Å². The van der Waals surface area contributed by atoms with Gasteiger partial charge in [-0.2, -0.15) is 0 Å². The number of fused-ring (bicyclic) bond motifs is 2. The predicted octanol–water partition coefficient (Wildman–Crippen LogP) is 4.04. The lowest BCUT2D eigenvalue weighted by Crippen LogP contribution is -2.52. The van der Waals surface area contributed by atoms with Crippen LogP contribution in [0.15, 0.2) is 18.2 Å². The summed E-state index contributed by atoms with van der Waals surface area (Å²) < 4.78 is 27.9. The highest BCUT2D eigenvalue weighted by Crippen LogP contribution is 2.42. The van der Waals surface area contributed by atoms with Crippen LogP contribution in [0.25, 0.3) is 0 Å². The van der Waals surface area contributed by atoms with Crippen molar-refractivity contribution in [1.82, 2.24) is 10.2 Å². The van der Waals surface area contributed by atoms with Crippen LogP contribution in [-0.4, -0.2) is 36.0 Å². The number of nitrogens with two attached hydrogens (primary N) is 1. The maximum atomic E-state index is 14.0. The Morgan fingerprint density at radius 2 is 1.70 bits per heavy atom. The highest BCUT2D eigenvalue weighted by atomic mass is 35.5. The van der Waals surface area contributed by atoms with Crippen molar-refractivity contribution in [2.24, 2.45) is 23.5 Å². The molecule has 4 rings (SSSR count). The van der Waals surface area contributed by atoms with Gasteiger partial charge in [-0.05, 0) is 69.0 Å². The molecule has 8 heteroatoms. The van der Waals surface area contributed by atoms with E-state index in [0.29, 0.717) is 18.4 Å². The zero-order chi connectivity index (χ0) is 19.7. The highest BCUT2D eigenvalue weighted by molar-refractivity contribution is 5.85. The first-order valence-corrected chi connectivity index (χ1v) is 10.7. The minimum atomic E-state index is -0.503. The molecule has 2 aliphatic carbocycles. The smallest absolute Gasteiger partial charge is 0.223 e. The molecule has 170 valence electrons. The molecule has 4 nitrogen and oxygen atoms in total. The van der Waals surface area contributed by atoms with Crippen molar-refractivity contribution in [3.63, 3.8) is 0 Å². The average Bonchev–Trinajstić information content (AvgIpc) is 2.65. The molecule has 3 N–H and O–H groups in total. The lowest BCUT2D eigenvalue weighted by molar-refractivity contribution is -0.129. The molecular weight excluding hydrogens is 431 g/mol. The molecule has 3 atom stereocenters. The van der Waals surface area contributed by atoms with Gasteiger partial charge in [-0.25, -0.2) is 8.78 Å². The molecule has 0 aromatic heterocycles. The molecule has 0 spiro atoms. The first kappa shape index (κ1) is 25.3. The molecule has 2 saturated carbocycles. The van der Waals surface area contributed by atoms with E-state index < -0.39 is 11.6 Å². The van der Waals surface area contributed by atoms with Crippen molar-refractivity contribution >= 4 is 30.7 Å². The zero-order valence-electron chi connectivity index (χ0n) is 17.2. The van der Waals surface area contributed by atoms with E-state index >= 15 is 0 Å². The summed E-state index contributed by atoms with van der Waals surface area (Å²) >= 11 is 0. The number of halogens is 4. The van der Waals surface area contributed by atoms with Gasteiger partial charge in [0, 0.05) is 36.7 Å². The Morgan fingerprint density at radius 3 is 2.33 bits per heavy atom. The van der Waals surface area contributed by atoms with Crippen LogP contribution in [0.5, 0.6) is 0 Å². The van der Waals surface area contributed by atoms with Crippen molar-refractivity contribution in [3.05, 3.63) is 35.4 Å². The lowest BCUT2D eigenvalue weighted by atomic mass is 9.65. The molecule has 0 radical (unpaired) electrons. The van der Waals surface area contributed by atoms with Gasteiger partial charge in [-0.15, -0.1) is 24.8 Å². The molecule has 1 aliphatic heterocycles. The number of amides is 1. The number of nitrogens with one attached hydrogen (secondary N) is 1. The molecule has 3 fully saturated rings. The zero-order valence-corrected chi connectivity index (χ0v) is 18.8. The van der Waals surface area contributed by atoms with Gasteiger partial charge in [0.15, 0.2) is 0 Å². The van der Waals surface area contributed by atoms with Crippen LogP contribution in [-0.2, 0) is 11.3 Å². The highest BCUT2D eigenvalue weighted by Gasteiger charge is 2.41. The van der Waals surface area contributed by atoms with Gasteiger partial charge in [-0.3, -0.25) is 9.69 Å². The third-order valence-corrected chi connectivity index (χ3v) is 7.08. The van der Waals surface area contributed by atoms with E-state index in [1.54, 1.807) is 0 Å². The Morgan fingerprint density at radius 1 is 1.07 bits per heavy atom.